The van der Waals surface area contributed by atoms with Crippen LogP contribution >= 0.6 is 0 Å². The van der Waals surface area contributed by atoms with Gasteiger partial charge in [0.2, 0.25) is 0 Å². The van der Waals surface area contributed by atoms with E-state index in [1.807, 2.05) is 6.92 Å². The van der Waals surface area contributed by atoms with Gasteiger partial charge in [0, 0.05) is 6.08 Å². The molecule has 1 unspecified atom stereocenters. The van der Waals surface area contributed by atoms with Crippen LogP contribution in [0.5, 0.6) is 0 Å². The third-order valence-electron chi connectivity index (χ3n) is 3.19. The molecule has 0 fully saturated rings. The van der Waals surface area contributed by atoms with Crippen molar-refractivity contribution in [3.8, 4) is 0 Å². The zero-order valence-electron chi connectivity index (χ0n) is 10.6. The molecule has 1 aliphatic carbocycles. The molecule has 1 aliphatic rings. The van der Waals surface area contributed by atoms with Crippen molar-refractivity contribution in [2.24, 2.45) is 0 Å². The van der Waals surface area contributed by atoms with E-state index < -0.39 is 0 Å². The van der Waals surface area contributed by atoms with E-state index in [9.17, 15) is 4.79 Å². The monoisotopic (exact) mass is 230 g/mol. The van der Waals surface area contributed by atoms with Crippen molar-refractivity contribution >= 4 is 11.5 Å². The Balaban J connectivity index is 2.35. The van der Waals surface area contributed by atoms with Gasteiger partial charge in [-0.1, -0.05) is 30.7 Å². The van der Waals surface area contributed by atoms with Crippen LogP contribution in [0.1, 0.15) is 42.9 Å². The van der Waals surface area contributed by atoms with E-state index in [-0.39, 0.29) is 5.97 Å². The molecule has 0 radical (unpaired) electrons. The zero-order valence-corrected chi connectivity index (χ0v) is 10.6. The number of rotatable bonds is 2. The van der Waals surface area contributed by atoms with Crippen LogP contribution in [0.3, 0.4) is 0 Å². The molecular weight excluding hydrogens is 212 g/mol. The molecule has 2 nitrogen and oxygen atoms in total. The number of benzene rings is 1. The van der Waals surface area contributed by atoms with Crippen LogP contribution in [0.15, 0.2) is 24.3 Å². The van der Waals surface area contributed by atoms with Crippen LogP contribution in [0.25, 0.3) is 5.57 Å². The number of allylic oxidation sites excluding steroid dienone is 1. The fraction of sp³-hybridized carbons (Fsp3) is 0.400. The molecule has 1 aromatic rings. The fourth-order valence-electron chi connectivity index (χ4n) is 2.39. The third-order valence-corrected chi connectivity index (χ3v) is 3.19. The SMILES string of the molecule is CCOC(=O)/C=C1\CC(C)c2ccc(C)cc21. The molecular formula is C15H18O2. The van der Waals surface area contributed by atoms with Gasteiger partial charge in [0.15, 0.2) is 0 Å². The normalized spacial score (nSPS) is 20.4. The van der Waals surface area contributed by atoms with Crippen LogP contribution in [0.2, 0.25) is 0 Å². The van der Waals surface area contributed by atoms with Gasteiger partial charge < -0.3 is 4.74 Å². The van der Waals surface area contributed by atoms with Crippen molar-refractivity contribution in [1.82, 2.24) is 0 Å². The van der Waals surface area contributed by atoms with E-state index in [0.717, 1.165) is 12.0 Å². The maximum Gasteiger partial charge on any atom is 0.331 e. The lowest BCUT2D eigenvalue weighted by atomic mass is 10.0. The summed E-state index contributed by atoms with van der Waals surface area (Å²) < 4.78 is 4.97. The molecule has 0 saturated heterocycles. The second-order valence-electron chi connectivity index (χ2n) is 4.62. The molecule has 17 heavy (non-hydrogen) atoms. The van der Waals surface area contributed by atoms with Gasteiger partial charge in [-0.05, 0) is 42.9 Å². The highest BCUT2D eigenvalue weighted by molar-refractivity contribution is 5.93. The average molecular weight is 230 g/mol. The van der Waals surface area contributed by atoms with Gasteiger partial charge in [0.25, 0.3) is 0 Å². The highest BCUT2D eigenvalue weighted by Gasteiger charge is 2.23. The van der Waals surface area contributed by atoms with Gasteiger partial charge in [0.1, 0.15) is 0 Å². The van der Waals surface area contributed by atoms with Crippen molar-refractivity contribution in [2.45, 2.75) is 33.1 Å². The third kappa shape index (κ3) is 2.41. The summed E-state index contributed by atoms with van der Waals surface area (Å²) >= 11 is 0. The Morgan fingerprint density at radius 3 is 3.00 bits per heavy atom. The summed E-state index contributed by atoms with van der Waals surface area (Å²) in [5.74, 6) is 0.260. The molecule has 0 amide bonds. The number of aryl methyl sites for hydroxylation is 1. The number of hydrogen-bond acceptors (Lipinski definition) is 2. The topological polar surface area (TPSA) is 26.3 Å². The minimum absolute atomic E-state index is 0.232. The molecule has 0 aromatic heterocycles. The molecule has 0 bridgehead atoms. The average Bonchev–Trinajstić information content (AvgIpc) is 2.55. The number of ether oxygens (including phenoxy) is 1. The molecule has 2 heteroatoms. The lowest BCUT2D eigenvalue weighted by Gasteiger charge is -2.04. The Hall–Kier alpha value is -1.57. The molecule has 0 heterocycles. The zero-order chi connectivity index (χ0) is 12.4. The summed E-state index contributed by atoms with van der Waals surface area (Å²) in [6, 6.07) is 6.45. The highest BCUT2D eigenvalue weighted by Crippen LogP contribution is 2.41. The van der Waals surface area contributed by atoms with Gasteiger partial charge in [-0.25, -0.2) is 4.79 Å². The number of carbonyl (C=O) groups excluding carboxylic acids is 1. The number of esters is 1. The Bertz CT molecular complexity index is 472. The molecule has 0 N–H and O–H groups in total. The molecule has 2 rings (SSSR count). The molecule has 90 valence electrons. The Kier molecular flexibility index (Phi) is 3.32. The smallest absolute Gasteiger partial charge is 0.331 e. The molecule has 0 spiro atoms. The van der Waals surface area contributed by atoms with Crippen molar-refractivity contribution in [2.75, 3.05) is 6.61 Å². The van der Waals surface area contributed by atoms with Crippen LogP contribution < -0.4 is 0 Å². The van der Waals surface area contributed by atoms with Crippen molar-refractivity contribution < 1.29 is 9.53 Å². The van der Waals surface area contributed by atoms with Crippen molar-refractivity contribution in [1.29, 1.82) is 0 Å². The van der Waals surface area contributed by atoms with Crippen molar-refractivity contribution in [3.63, 3.8) is 0 Å². The summed E-state index contributed by atoms with van der Waals surface area (Å²) in [6.07, 6.45) is 2.57. The highest BCUT2D eigenvalue weighted by atomic mass is 16.5. The minimum Gasteiger partial charge on any atom is -0.463 e. The van der Waals surface area contributed by atoms with E-state index in [0.29, 0.717) is 12.5 Å². The van der Waals surface area contributed by atoms with Gasteiger partial charge in [-0.3, -0.25) is 0 Å². The predicted octanol–water partition coefficient (Wildman–Crippen LogP) is 3.45. The maximum absolute atomic E-state index is 11.5. The second-order valence-corrected chi connectivity index (χ2v) is 4.62. The summed E-state index contributed by atoms with van der Waals surface area (Å²) in [4.78, 5) is 11.5. The molecule has 1 aromatic carbocycles. The van der Waals surface area contributed by atoms with Crippen LogP contribution in [0, 0.1) is 6.92 Å². The van der Waals surface area contributed by atoms with E-state index >= 15 is 0 Å². The van der Waals surface area contributed by atoms with E-state index in [1.54, 1.807) is 6.08 Å². The quantitative estimate of drug-likeness (QED) is 0.574. The van der Waals surface area contributed by atoms with E-state index in [2.05, 4.69) is 32.0 Å². The van der Waals surface area contributed by atoms with E-state index in [4.69, 9.17) is 4.74 Å². The van der Waals surface area contributed by atoms with E-state index in [1.165, 1.54) is 16.7 Å². The van der Waals surface area contributed by atoms with Gasteiger partial charge in [-0.2, -0.15) is 0 Å². The van der Waals surface area contributed by atoms with Gasteiger partial charge in [0.05, 0.1) is 6.61 Å². The largest absolute Gasteiger partial charge is 0.463 e. The first-order valence-electron chi connectivity index (χ1n) is 6.10. The number of hydrogen-bond donors (Lipinski definition) is 0. The first kappa shape index (κ1) is 11.9. The fourth-order valence-corrected chi connectivity index (χ4v) is 2.39. The van der Waals surface area contributed by atoms with Gasteiger partial charge in [-0.15, -0.1) is 0 Å². The maximum atomic E-state index is 11.5. The number of fused-ring (bicyclic) bond motifs is 1. The summed E-state index contributed by atoms with van der Waals surface area (Å²) in [5, 5.41) is 0. The molecule has 1 atom stereocenters. The standard InChI is InChI=1S/C15H18O2/c1-4-17-15(16)9-12-8-11(3)13-6-5-10(2)7-14(12)13/h5-7,9,11H,4,8H2,1-3H3/b12-9+. The summed E-state index contributed by atoms with van der Waals surface area (Å²) in [6.45, 7) is 6.52. The minimum atomic E-state index is -0.232. The second kappa shape index (κ2) is 4.74. The summed E-state index contributed by atoms with van der Waals surface area (Å²) in [7, 11) is 0. The Labute approximate surface area is 102 Å². The Morgan fingerprint density at radius 2 is 2.29 bits per heavy atom. The van der Waals surface area contributed by atoms with Crippen LogP contribution in [-0.4, -0.2) is 12.6 Å². The molecule has 0 aliphatic heterocycles. The summed E-state index contributed by atoms with van der Waals surface area (Å²) in [5.41, 5.74) is 4.89. The van der Waals surface area contributed by atoms with Gasteiger partial charge >= 0.3 is 5.97 Å². The van der Waals surface area contributed by atoms with Crippen LogP contribution in [-0.2, 0) is 9.53 Å². The lowest BCUT2D eigenvalue weighted by Crippen LogP contribution is -2.00. The molecule has 0 saturated carbocycles. The Morgan fingerprint density at radius 1 is 1.53 bits per heavy atom. The van der Waals surface area contributed by atoms with Crippen LogP contribution in [0.4, 0.5) is 0 Å². The first-order chi connectivity index (χ1) is 8.11. The first-order valence-corrected chi connectivity index (χ1v) is 6.10. The van der Waals surface area contributed by atoms with Crippen molar-refractivity contribution in [3.05, 3.63) is 41.0 Å². The number of carbonyl (C=O) groups is 1. The predicted molar refractivity (Wildman–Crippen MR) is 68.8 cm³/mol. The lowest BCUT2D eigenvalue weighted by molar-refractivity contribution is -0.137.